The molecule has 2 nitrogen and oxygen atoms in total. The van der Waals surface area contributed by atoms with Gasteiger partial charge in [-0.05, 0) is 58.7 Å². The first kappa shape index (κ1) is 25.2. The van der Waals surface area contributed by atoms with Crippen LogP contribution in [-0.4, -0.2) is 9.13 Å². The van der Waals surface area contributed by atoms with E-state index in [9.17, 15) is 0 Å². The highest BCUT2D eigenvalue weighted by Gasteiger charge is 2.28. The second-order valence-corrected chi connectivity index (χ2v) is 12.1. The van der Waals surface area contributed by atoms with E-state index < -0.39 is 0 Å². The van der Waals surface area contributed by atoms with Crippen LogP contribution in [0.15, 0.2) is 170 Å². The number of aromatic nitrogens is 2. The number of nitrogens with zero attached hydrogens (tertiary/aromatic N) is 2. The van der Waals surface area contributed by atoms with Gasteiger partial charge in [-0.25, -0.2) is 0 Å². The van der Waals surface area contributed by atoms with E-state index in [1.54, 1.807) is 0 Å². The predicted octanol–water partition coefficient (Wildman–Crippen LogP) is 11.7. The lowest BCUT2D eigenvalue weighted by Crippen LogP contribution is -1.99. The topological polar surface area (TPSA) is 9.86 Å². The molecule has 2 aromatic heterocycles. The Morgan fingerprint density at radius 2 is 0.957 bits per heavy atom. The van der Waals surface area contributed by atoms with E-state index >= 15 is 0 Å². The van der Waals surface area contributed by atoms with Crippen molar-refractivity contribution < 1.29 is 0 Å². The highest BCUT2D eigenvalue weighted by Crippen LogP contribution is 2.51. The van der Waals surface area contributed by atoms with Gasteiger partial charge in [-0.1, -0.05) is 133 Å². The van der Waals surface area contributed by atoms with Crippen molar-refractivity contribution in [1.82, 2.24) is 9.13 Å². The summed E-state index contributed by atoms with van der Waals surface area (Å²) < 4.78 is 4.92. The summed E-state index contributed by atoms with van der Waals surface area (Å²) in [7, 11) is 0. The SMILES string of the molecule is c1ccc(-c2c(-c3ccc4c(c3)c3ccccc3n4-c3ccccc3)c3cccc4c3n2-c2ccccc2-c2ccccc2-4)cc1. The van der Waals surface area contributed by atoms with Crippen LogP contribution >= 0.6 is 0 Å². The first-order valence-corrected chi connectivity index (χ1v) is 15.9. The summed E-state index contributed by atoms with van der Waals surface area (Å²) >= 11 is 0. The second kappa shape index (κ2) is 9.69. The van der Waals surface area contributed by atoms with Crippen molar-refractivity contribution in [3.8, 4) is 56.0 Å². The van der Waals surface area contributed by atoms with Crippen molar-refractivity contribution >= 4 is 32.7 Å². The molecule has 0 N–H and O–H groups in total. The molecular weight excluding hydrogens is 556 g/mol. The third-order valence-electron chi connectivity index (χ3n) is 9.66. The van der Waals surface area contributed by atoms with E-state index in [2.05, 4.69) is 179 Å². The molecule has 1 aliphatic rings. The Morgan fingerprint density at radius 1 is 0.348 bits per heavy atom. The molecule has 2 heteroatoms. The third-order valence-corrected chi connectivity index (χ3v) is 9.66. The second-order valence-electron chi connectivity index (χ2n) is 12.1. The maximum atomic E-state index is 2.53. The number of hydrogen-bond acceptors (Lipinski definition) is 0. The molecule has 9 aromatic rings. The normalized spacial score (nSPS) is 11.9. The maximum Gasteiger partial charge on any atom is 0.0620 e. The molecule has 214 valence electrons. The lowest BCUT2D eigenvalue weighted by atomic mass is 9.92. The Kier molecular flexibility index (Phi) is 5.31. The summed E-state index contributed by atoms with van der Waals surface area (Å²) in [5.74, 6) is 0. The Bertz CT molecular complexity index is 2620. The summed E-state index contributed by atoms with van der Waals surface area (Å²) in [6.45, 7) is 0. The van der Waals surface area contributed by atoms with Crippen LogP contribution in [0, 0.1) is 0 Å². The zero-order valence-electron chi connectivity index (χ0n) is 25.1. The van der Waals surface area contributed by atoms with Crippen molar-refractivity contribution in [2.45, 2.75) is 0 Å². The standard InChI is InChI=1S/C44H28N2/c1-3-14-29(15-4-1)43-42(30-26-27-41-38(28-30)35-21-10-11-24-39(35)45(41)31-16-5-2-6-17-31)37-23-13-22-36-33-19-8-7-18-32(33)34-20-9-12-25-40(34)46(43)44(36)37/h1-28H. The number of rotatable bonds is 3. The minimum atomic E-state index is 1.17. The fraction of sp³-hybridized carbons (Fsp3) is 0. The van der Waals surface area contributed by atoms with Gasteiger partial charge in [-0.15, -0.1) is 0 Å². The molecule has 0 spiro atoms. The molecule has 0 atom stereocenters. The molecule has 0 radical (unpaired) electrons. The van der Waals surface area contributed by atoms with E-state index in [-0.39, 0.29) is 0 Å². The number of fused-ring (bicyclic) bond motifs is 8. The number of para-hydroxylation sites is 4. The molecule has 0 saturated carbocycles. The molecule has 0 saturated heterocycles. The highest BCUT2D eigenvalue weighted by molar-refractivity contribution is 6.16. The van der Waals surface area contributed by atoms with Crippen molar-refractivity contribution in [3.63, 3.8) is 0 Å². The Labute approximate surface area is 267 Å². The van der Waals surface area contributed by atoms with Crippen molar-refractivity contribution in [1.29, 1.82) is 0 Å². The Balaban J connectivity index is 1.36. The molecule has 10 rings (SSSR count). The molecule has 0 amide bonds. The van der Waals surface area contributed by atoms with Gasteiger partial charge in [0.15, 0.2) is 0 Å². The molecule has 46 heavy (non-hydrogen) atoms. The molecular formula is C44H28N2. The molecule has 7 aromatic carbocycles. The van der Waals surface area contributed by atoms with Crippen LogP contribution < -0.4 is 0 Å². The molecule has 3 heterocycles. The summed E-state index contributed by atoms with van der Waals surface area (Å²) in [5.41, 5.74) is 16.0. The molecule has 0 fully saturated rings. The van der Waals surface area contributed by atoms with E-state index in [0.29, 0.717) is 0 Å². The maximum absolute atomic E-state index is 2.53. The summed E-state index contributed by atoms with van der Waals surface area (Å²) in [5, 5.41) is 3.77. The van der Waals surface area contributed by atoms with Crippen LogP contribution in [0.3, 0.4) is 0 Å². The van der Waals surface area contributed by atoms with Gasteiger partial charge in [0.1, 0.15) is 0 Å². The molecule has 0 bridgehead atoms. The van der Waals surface area contributed by atoms with Crippen LogP contribution in [0.5, 0.6) is 0 Å². The fourth-order valence-corrected chi connectivity index (χ4v) is 7.79. The number of hydrogen-bond donors (Lipinski definition) is 0. The fourth-order valence-electron chi connectivity index (χ4n) is 7.79. The van der Waals surface area contributed by atoms with Gasteiger partial charge < -0.3 is 9.13 Å². The average Bonchev–Trinajstić information content (AvgIpc) is 3.61. The van der Waals surface area contributed by atoms with E-state index in [1.807, 2.05) is 0 Å². The highest BCUT2D eigenvalue weighted by atomic mass is 15.0. The van der Waals surface area contributed by atoms with E-state index in [4.69, 9.17) is 0 Å². The van der Waals surface area contributed by atoms with Gasteiger partial charge in [0.05, 0.1) is 27.9 Å². The van der Waals surface area contributed by atoms with Gasteiger partial charge >= 0.3 is 0 Å². The van der Waals surface area contributed by atoms with Gasteiger partial charge in [0.2, 0.25) is 0 Å². The summed E-state index contributed by atoms with van der Waals surface area (Å²) in [6, 6.07) is 62.0. The van der Waals surface area contributed by atoms with Crippen LogP contribution in [-0.2, 0) is 0 Å². The molecule has 1 aliphatic heterocycles. The zero-order valence-corrected chi connectivity index (χ0v) is 25.1. The third kappa shape index (κ3) is 3.47. The quantitative estimate of drug-likeness (QED) is 0.195. The Morgan fingerprint density at radius 3 is 1.78 bits per heavy atom. The van der Waals surface area contributed by atoms with Crippen molar-refractivity contribution in [2.24, 2.45) is 0 Å². The van der Waals surface area contributed by atoms with Crippen molar-refractivity contribution in [3.05, 3.63) is 170 Å². The lowest BCUT2D eigenvalue weighted by molar-refractivity contribution is 1.14. The Hall–Kier alpha value is -6.12. The van der Waals surface area contributed by atoms with Crippen LogP contribution in [0.4, 0.5) is 0 Å². The van der Waals surface area contributed by atoms with Gasteiger partial charge in [-0.2, -0.15) is 0 Å². The van der Waals surface area contributed by atoms with Gasteiger partial charge in [0.25, 0.3) is 0 Å². The zero-order chi connectivity index (χ0) is 30.2. The summed E-state index contributed by atoms with van der Waals surface area (Å²) in [4.78, 5) is 0. The minimum absolute atomic E-state index is 1.17. The van der Waals surface area contributed by atoms with Gasteiger partial charge in [0, 0.05) is 38.5 Å². The minimum Gasteiger partial charge on any atom is -0.309 e. The largest absolute Gasteiger partial charge is 0.309 e. The monoisotopic (exact) mass is 584 g/mol. The van der Waals surface area contributed by atoms with Crippen LogP contribution in [0.25, 0.3) is 88.7 Å². The lowest BCUT2D eigenvalue weighted by Gasteiger charge is -2.16. The molecule has 0 unspecified atom stereocenters. The number of benzene rings is 7. The average molecular weight is 585 g/mol. The first-order chi connectivity index (χ1) is 22.9. The molecule has 0 aliphatic carbocycles. The van der Waals surface area contributed by atoms with Crippen LogP contribution in [0.2, 0.25) is 0 Å². The van der Waals surface area contributed by atoms with Crippen LogP contribution in [0.1, 0.15) is 0 Å². The first-order valence-electron chi connectivity index (χ1n) is 15.9. The van der Waals surface area contributed by atoms with E-state index in [0.717, 1.165) is 0 Å². The van der Waals surface area contributed by atoms with Crippen molar-refractivity contribution in [2.75, 3.05) is 0 Å². The predicted molar refractivity (Wildman–Crippen MR) is 193 cm³/mol. The van der Waals surface area contributed by atoms with Gasteiger partial charge in [-0.3, -0.25) is 0 Å². The van der Waals surface area contributed by atoms with E-state index in [1.165, 1.54) is 88.7 Å². The summed E-state index contributed by atoms with van der Waals surface area (Å²) in [6.07, 6.45) is 0. The smallest absolute Gasteiger partial charge is 0.0620 e.